The van der Waals surface area contributed by atoms with Crippen LogP contribution in [-0.4, -0.2) is 0 Å². The number of rotatable bonds is 3. The second-order valence-corrected chi connectivity index (χ2v) is 4.63. The number of halogens is 5. The molecule has 2 aromatic carbocycles. The number of nitrogen functional groups attached to an aromatic ring is 1. The molecule has 0 spiro atoms. The molecule has 0 amide bonds. The molecule has 2 aromatic rings. The van der Waals surface area contributed by atoms with Gasteiger partial charge in [-0.05, 0) is 24.3 Å². The second kappa shape index (κ2) is 5.81. The molecule has 0 aliphatic rings. The van der Waals surface area contributed by atoms with E-state index in [1.807, 2.05) is 0 Å². The predicted octanol–water partition coefficient (Wildman–Crippen LogP) is 4.66. The summed E-state index contributed by atoms with van der Waals surface area (Å²) in [7, 11) is 0. The van der Waals surface area contributed by atoms with Crippen molar-refractivity contribution in [1.82, 2.24) is 0 Å². The Bertz CT molecular complexity index is 658. The van der Waals surface area contributed by atoms with Gasteiger partial charge in [0.15, 0.2) is 0 Å². The van der Waals surface area contributed by atoms with Gasteiger partial charge in [0.2, 0.25) is 0 Å². The maximum absolute atomic E-state index is 13.2. The summed E-state index contributed by atoms with van der Waals surface area (Å²) in [6.45, 7) is -0.105. The average Bonchev–Trinajstić information content (AvgIpc) is 2.40. The number of anilines is 1. The van der Waals surface area contributed by atoms with E-state index in [-0.39, 0.29) is 23.1 Å². The third-order valence-corrected chi connectivity index (χ3v) is 3.18. The highest BCUT2D eigenvalue weighted by Gasteiger charge is 2.30. The Morgan fingerprint density at radius 3 is 2.48 bits per heavy atom. The number of hydrogen-bond acceptors (Lipinski definition) is 2. The molecule has 0 unspecified atom stereocenters. The minimum absolute atomic E-state index is 0.0725. The predicted molar refractivity (Wildman–Crippen MR) is 71.6 cm³/mol. The number of nitrogens with two attached hydrogens (primary N) is 1. The van der Waals surface area contributed by atoms with E-state index in [2.05, 4.69) is 0 Å². The highest BCUT2D eigenvalue weighted by atomic mass is 35.5. The lowest BCUT2D eigenvalue weighted by Gasteiger charge is -2.12. The molecular weight excluding hydrogens is 310 g/mol. The van der Waals surface area contributed by atoms with Gasteiger partial charge in [0.1, 0.15) is 18.2 Å². The van der Waals surface area contributed by atoms with Gasteiger partial charge >= 0.3 is 6.18 Å². The van der Waals surface area contributed by atoms with Gasteiger partial charge in [0.05, 0.1) is 16.3 Å². The molecule has 0 aromatic heterocycles. The normalized spacial score (nSPS) is 11.5. The van der Waals surface area contributed by atoms with Crippen LogP contribution in [0.1, 0.15) is 11.1 Å². The molecule has 0 fully saturated rings. The van der Waals surface area contributed by atoms with Crippen LogP contribution >= 0.6 is 11.6 Å². The Morgan fingerprint density at radius 2 is 1.86 bits per heavy atom. The summed E-state index contributed by atoms with van der Waals surface area (Å²) in [6, 6.07) is 6.95. The average molecular weight is 320 g/mol. The molecule has 0 bridgehead atoms. The number of alkyl halides is 3. The summed E-state index contributed by atoms with van der Waals surface area (Å²) >= 11 is 5.75. The monoisotopic (exact) mass is 319 g/mol. The van der Waals surface area contributed by atoms with Crippen molar-refractivity contribution in [2.24, 2.45) is 0 Å². The summed E-state index contributed by atoms with van der Waals surface area (Å²) in [5.41, 5.74) is 4.87. The fraction of sp³-hybridized carbons (Fsp3) is 0.143. The van der Waals surface area contributed by atoms with Crippen molar-refractivity contribution >= 4 is 17.3 Å². The lowest BCUT2D eigenvalue weighted by molar-refractivity contribution is -0.137. The highest BCUT2D eigenvalue weighted by molar-refractivity contribution is 6.31. The minimum atomic E-state index is -4.47. The Hall–Kier alpha value is -1.95. The zero-order valence-electron chi connectivity index (χ0n) is 10.5. The van der Waals surface area contributed by atoms with Gasteiger partial charge in [0.25, 0.3) is 0 Å². The first kappa shape index (κ1) is 15.4. The maximum Gasteiger partial charge on any atom is 0.416 e. The first-order valence-corrected chi connectivity index (χ1v) is 6.19. The Kier molecular flexibility index (Phi) is 4.27. The lowest BCUT2D eigenvalue weighted by Crippen LogP contribution is -2.07. The van der Waals surface area contributed by atoms with Crippen LogP contribution in [0.25, 0.3) is 0 Å². The molecule has 0 radical (unpaired) electrons. The molecule has 0 aliphatic carbocycles. The van der Waals surface area contributed by atoms with Crippen LogP contribution in [0.2, 0.25) is 5.02 Å². The van der Waals surface area contributed by atoms with Crippen molar-refractivity contribution in [3.8, 4) is 5.75 Å². The number of benzene rings is 2. The molecule has 0 aliphatic heterocycles. The van der Waals surface area contributed by atoms with Gasteiger partial charge in [-0.25, -0.2) is 4.39 Å². The molecule has 0 heterocycles. The number of ether oxygens (including phenoxy) is 1. The van der Waals surface area contributed by atoms with E-state index in [0.717, 1.165) is 18.2 Å². The van der Waals surface area contributed by atoms with Crippen LogP contribution in [0.4, 0.5) is 23.2 Å². The third-order valence-electron chi connectivity index (χ3n) is 2.75. The van der Waals surface area contributed by atoms with Gasteiger partial charge in [-0.3, -0.25) is 0 Å². The Morgan fingerprint density at radius 1 is 1.14 bits per heavy atom. The van der Waals surface area contributed by atoms with Crippen molar-refractivity contribution in [1.29, 1.82) is 0 Å². The molecule has 0 saturated heterocycles. The van der Waals surface area contributed by atoms with Gasteiger partial charge < -0.3 is 10.5 Å². The Balaban J connectivity index is 2.16. The second-order valence-electron chi connectivity index (χ2n) is 4.25. The quantitative estimate of drug-likeness (QED) is 0.659. The fourth-order valence-electron chi connectivity index (χ4n) is 1.67. The summed E-state index contributed by atoms with van der Waals surface area (Å²) in [6.07, 6.45) is -4.47. The van der Waals surface area contributed by atoms with Gasteiger partial charge in [-0.2, -0.15) is 13.2 Å². The molecule has 2 nitrogen and oxygen atoms in total. The van der Waals surface area contributed by atoms with Gasteiger partial charge in [-0.1, -0.05) is 23.7 Å². The third kappa shape index (κ3) is 3.58. The SMILES string of the molecule is Nc1cc(C(F)(F)F)ccc1OCc1cccc(F)c1Cl. The van der Waals surface area contributed by atoms with Crippen LogP contribution < -0.4 is 10.5 Å². The van der Waals surface area contributed by atoms with Crippen molar-refractivity contribution in [3.05, 3.63) is 58.4 Å². The largest absolute Gasteiger partial charge is 0.487 e. The summed E-state index contributed by atoms with van der Waals surface area (Å²) in [4.78, 5) is 0. The molecular formula is C14H10ClF4NO. The van der Waals surface area contributed by atoms with E-state index in [0.29, 0.717) is 5.56 Å². The van der Waals surface area contributed by atoms with E-state index in [9.17, 15) is 17.6 Å². The molecule has 0 atom stereocenters. The molecule has 2 rings (SSSR count). The van der Waals surface area contributed by atoms with Crippen molar-refractivity contribution < 1.29 is 22.3 Å². The molecule has 7 heteroatoms. The van der Waals surface area contributed by atoms with E-state index in [4.69, 9.17) is 22.1 Å². The topological polar surface area (TPSA) is 35.2 Å². The summed E-state index contributed by atoms with van der Waals surface area (Å²) in [5.74, 6) is -0.526. The number of hydrogen-bond donors (Lipinski definition) is 1. The van der Waals surface area contributed by atoms with E-state index in [1.165, 1.54) is 12.1 Å². The minimum Gasteiger partial charge on any atom is -0.487 e. The first-order chi connectivity index (χ1) is 9.79. The van der Waals surface area contributed by atoms with Crippen LogP contribution in [-0.2, 0) is 12.8 Å². The van der Waals surface area contributed by atoms with Crippen LogP contribution in [0, 0.1) is 5.82 Å². The molecule has 21 heavy (non-hydrogen) atoms. The smallest absolute Gasteiger partial charge is 0.416 e. The van der Waals surface area contributed by atoms with E-state index >= 15 is 0 Å². The van der Waals surface area contributed by atoms with Crippen molar-refractivity contribution in [3.63, 3.8) is 0 Å². The van der Waals surface area contributed by atoms with E-state index < -0.39 is 17.6 Å². The zero-order chi connectivity index (χ0) is 15.6. The molecule has 2 N–H and O–H groups in total. The molecule has 112 valence electrons. The first-order valence-electron chi connectivity index (χ1n) is 5.81. The van der Waals surface area contributed by atoms with Crippen molar-refractivity contribution in [2.75, 3.05) is 5.73 Å². The summed E-state index contributed by atoms with van der Waals surface area (Å²) < 4.78 is 56.0. The molecule has 0 saturated carbocycles. The zero-order valence-corrected chi connectivity index (χ0v) is 11.3. The standard InChI is InChI=1S/C14H10ClF4NO/c15-13-8(2-1-3-10(13)16)7-21-12-5-4-9(6-11(12)20)14(17,18)19/h1-6H,7,20H2. The lowest BCUT2D eigenvalue weighted by atomic mass is 10.2. The fourth-order valence-corrected chi connectivity index (χ4v) is 1.85. The van der Waals surface area contributed by atoms with Gasteiger partial charge in [-0.15, -0.1) is 0 Å². The van der Waals surface area contributed by atoms with Crippen LogP contribution in [0.5, 0.6) is 5.75 Å². The van der Waals surface area contributed by atoms with Crippen molar-refractivity contribution in [2.45, 2.75) is 12.8 Å². The van der Waals surface area contributed by atoms with E-state index in [1.54, 1.807) is 6.07 Å². The highest BCUT2D eigenvalue weighted by Crippen LogP contribution is 2.34. The van der Waals surface area contributed by atoms with Crippen LogP contribution in [0.15, 0.2) is 36.4 Å². The maximum atomic E-state index is 13.2. The van der Waals surface area contributed by atoms with Crippen LogP contribution in [0.3, 0.4) is 0 Å². The Labute approximate surface area is 123 Å². The summed E-state index contributed by atoms with van der Waals surface area (Å²) in [5, 5.41) is -0.0945. The van der Waals surface area contributed by atoms with Gasteiger partial charge in [0, 0.05) is 5.56 Å².